The van der Waals surface area contributed by atoms with Crippen LogP contribution in [0, 0.1) is 58.7 Å². The van der Waals surface area contributed by atoms with E-state index in [4.69, 9.17) is 85.3 Å². The summed E-state index contributed by atoms with van der Waals surface area (Å²) < 4.78 is 109. The molecule has 0 radical (unpaired) electrons. The summed E-state index contributed by atoms with van der Waals surface area (Å²) in [6.07, 6.45) is 9.95. The molecule has 6 unspecified atom stereocenters. The fraction of sp³-hybridized carbons (Fsp3) is 0.770. The predicted molar refractivity (Wildman–Crippen MR) is 490 cm³/mol. The lowest BCUT2D eigenvalue weighted by molar-refractivity contribution is -0.251. The van der Waals surface area contributed by atoms with Crippen LogP contribution in [0.5, 0.6) is 11.5 Å². The predicted octanol–water partition coefficient (Wildman–Crippen LogP) is 13.7. The topological polar surface area (TPSA) is 311 Å². The number of benzene rings is 3. The fourth-order valence-electron chi connectivity index (χ4n) is 17.7. The van der Waals surface area contributed by atoms with Gasteiger partial charge < -0.3 is 111 Å². The van der Waals surface area contributed by atoms with Gasteiger partial charge in [0.2, 0.25) is 23.6 Å². The molecule has 4 saturated heterocycles. The molecule has 4 aliphatic heterocycles. The largest absolute Gasteiger partial charge is 0.497 e. The van der Waals surface area contributed by atoms with Crippen molar-refractivity contribution < 1.29 is 114 Å². The summed E-state index contributed by atoms with van der Waals surface area (Å²) in [5.74, 6) is 4.39. The van der Waals surface area contributed by atoms with Crippen LogP contribution in [0.1, 0.15) is 215 Å². The molecular weight excluding hydrogens is 1640 g/mol. The van der Waals surface area contributed by atoms with Crippen molar-refractivity contribution in [1.82, 2.24) is 20.9 Å². The molecule has 3 aromatic carbocycles. The van der Waals surface area contributed by atoms with Crippen LogP contribution in [0.2, 0.25) is 0 Å². The Morgan fingerprint density at radius 3 is 1.09 bits per heavy atom. The van der Waals surface area contributed by atoms with E-state index < -0.39 is 17.1 Å². The highest BCUT2D eigenvalue weighted by Gasteiger charge is 2.45. The van der Waals surface area contributed by atoms with Crippen LogP contribution in [-0.4, -0.2) is 274 Å². The molecule has 4 fully saturated rings. The maximum Gasteiger partial charge on any atom is 0.222 e. The van der Waals surface area contributed by atoms with Crippen molar-refractivity contribution in [3.05, 3.63) is 95.6 Å². The number of methoxy groups -OCH3 is 2. The Morgan fingerprint density at radius 2 is 0.727 bits per heavy atom. The highest BCUT2D eigenvalue weighted by molar-refractivity contribution is 5.79. The Hall–Kier alpha value is -5.87. The molecule has 28 nitrogen and oxygen atoms in total. The van der Waals surface area contributed by atoms with E-state index in [1.807, 2.05) is 78.9 Å². The van der Waals surface area contributed by atoms with Gasteiger partial charge in [0.05, 0.1) is 190 Å². The molecule has 17 atom stereocenters. The SMILES string of the molecule is CCC1O[C@H](OCCOCCOCCNC(=O)CCOCC(COCCC(=O)NCCOCCOCCO[C@H]2OC(CC)[C@@H](C)[C@H](C)C2C)(COCCC(=O)NCCOCCOCCO[C@H]2OC(CC)[C@@H](C)[C@H](C)C2C)CC(=O)CCCCCCCCCCC(=O)N2C[C@H](O)C[C@H]2COC(c2ccccc2)(c2ccc(OC)cc2)c2ccc(OC)cc2)C(C)[C@@H](C)[C@@H]1C. The van der Waals surface area contributed by atoms with Gasteiger partial charge in [-0.15, -0.1) is 0 Å². The maximum absolute atomic E-state index is 14.4. The zero-order valence-corrected chi connectivity index (χ0v) is 80.2. The molecule has 4 N–H and O–H groups in total. The third-order valence-electron chi connectivity index (χ3n) is 26.7. The standard InChI is InChI=1S/C100H164N4O24/c1-15-89-75(7)72(4)78(10)96(126-89)122-62-59-116-56-53-113-50-44-101-92(107)41-47-119-69-99(70-120-48-42-93(108)102-45-51-114-54-57-117-60-63-123-97-79(11)73(5)76(8)90(16-2)127-97,71-121-49-43-94(109)103-46-52-115-55-58-118-61-64-124-98-80(12)74(6)77(9)91(17-3)128-98)66-85(105)31-27-22-20-18-19-21-23-28-32-95(110)104-67-86(106)65-84(104)68-125-100(81-29-25-24-26-30-81,82-33-37-87(111-13)38-34-82)83-35-39-88(112-14)40-36-83/h24-26,29-30,33-40,72-80,84,86,89-91,96-98,106H,15-23,27-28,31-32,41-71H2,1-14H3,(H,101,107)(H,102,108)(H,103,109)/t72-,73-,74-,75-,76-,77-,78?,79?,80?,84-,86+,89?,90?,91?,96-,97-,98-,99?/m0/s1. The van der Waals surface area contributed by atoms with Crippen LogP contribution in [0.15, 0.2) is 78.9 Å². The minimum atomic E-state index is -1.07. The average Bonchev–Trinajstić information content (AvgIpc) is 0.920. The molecule has 0 spiro atoms. The smallest absolute Gasteiger partial charge is 0.222 e. The monoisotopic (exact) mass is 1810 g/mol. The molecule has 4 amide bonds. The molecule has 3 aromatic rings. The summed E-state index contributed by atoms with van der Waals surface area (Å²) in [7, 11) is 3.27. The van der Waals surface area contributed by atoms with Gasteiger partial charge in [-0.2, -0.15) is 0 Å². The van der Waals surface area contributed by atoms with Crippen molar-refractivity contribution in [3.63, 3.8) is 0 Å². The molecule has 7 rings (SSSR count). The lowest BCUT2D eigenvalue weighted by Gasteiger charge is -2.43. The van der Waals surface area contributed by atoms with Crippen molar-refractivity contribution >= 4 is 29.4 Å². The normalized spacial score (nSPS) is 24.8. The van der Waals surface area contributed by atoms with Crippen LogP contribution >= 0.6 is 0 Å². The second-order valence-corrected chi connectivity index (χ2v) is 35.8. The second kappa shape index (κ2) is 61.8. The quantitative estimate of drug-likeness (QED) is 0.0301. The fourth-order valence-corrected chi connectivity index (χ4v) is 17.7. The summed E-state index contributed by atoms with van der Waals surface area (Å²) in [5, 5.41) is 19.8. The van der Waals surface area contributed by atoms with E-state index in [0.29, 0.717) is 158 Å². The Labute approximate surface area is 766 Å². The minimum absolute atomic E-state index is 0.00354. The average molecular weight is 1810 g/mol. The van der Waals surface area contributed by atoms with E-state index in [2.05, 4.69) is 99.0 Å². The van der Waals surface area contributed by atoms with Gasteiger partial charge in [0.1, 0.15) is 22.9 Å². The number of hydrogen-bond acceptors (Lipinski definition) is 24. The molecule has 728 valence electrons. The summed E-state index contributed by atoms with van der Waals surface area (Å²) in [5.41, 5.74) is 0.538. The third-order valence-corrected chi connectivity index (χ3v) is 26.7. The summed E-state index contributed by atoms with van der Waals surface area (Å²) in [6, 6.07) is 25.4. The van der Waals surface area contributed by atoms with E-state index in [9.17, 15) is 29.1 Å². The lowest BCUT2D eigenvalue weighted by atomic mass is 9.78. The van der Waals surface area contributed by atoms with Gasteiger partial charge in [-0.1, -0.05) is 176 Å². The minimum Gasteiger partial charge on any atom is -0.497 e. The van der Waals surface area contributed by atoms with Gasteiger partial charge in [-0.05, 0) is 115 Å². The zero-order valence-electron chi connectivity index (χ0n) is 80.2. The Kier molecular flexibility index (Phi) is 52.7. The second-order valence-electron chi connectivity index (χ2n) is 35.8. The first-order chi connectivity index (χ1) is 62.0. The van der Waals surface area contributed by atoms with E-state index in [1.165, 1.54) is 0 Å². The number of hydrogen-bond donors (Lipinski definition) is 4. The van der Waals surface area contributed by atoms with E-state index in [1.54, 1.807) is 19.1 Å². The van der Waals surface area contributed by atoms with Crippen LogP contribution in [0.3, 0.4) is 0 Å². The van der Waals surface area contributed by atoms with Crippen LogP contribution < -0.4 is 25.4 Å². The van der Waals surface area contributed by atoms with E-state index in [0.717, 1.165) is 74.5 Å². The summed E-state index contributed by atoms with van der Waals surface area (Å²) >= 11 is 0. The lowest BCUT2D eigenvalue weighted by Crippen LogP contribution is -2.45. The summed E-state index contributed by atoms with van der Waals surface area (Å²) in [6.45, 7) is 33.2. The molecule has 4 aliphatic rings. The first-order valence-corrected chi connectivity index (χ1v) is 48.3. The molecule has 0 saturated carbocycles. The van der Waals surface area contributed by atoms with Gasteiger partial charge in [0.25, 0.3) is 0 Å². The first-order valence-electron chi connectivity index (χ1n) is 48.3. The molecule has 0 aromatic heterocycles. The third kappa shape index (κ3) is 37.5. The number of rotatable bonds is 69. The van der Waals surface area contributed by atoms with Crippen molar-refractivity contribution in [2.24, 2.45) is 58.7 Å². The zero-order chi connectivity index (χ0) is 92.3. The van der Waals surface area contributed by atoms with E-state index in [-0.39, 0.29) is 208 Å². The van der Waals surface area contributed by atoms with Gasteiger partial charge in [-0.25, -0.2) is 0 Å². The number of likely N-dealkylation sites (tertiary alicyclic amines) is 1. The first kappa shape index (κ1) is 109. The van der Waals surface area contributed by atoms with Crippen molar-refractivity contribution in [1.29, 1.82) is 0 Å². The number of amides is 4. The number of aliphatic hydroxyl groups is 1. The Balaban J connectivity index is 0.877. The van der Waals surface area contributed by atoms with Crippen molar-refractivity contribution in [2.75, 3.05) is 186 Å². The number of carbonyl (C=O) groups excluding carboxylic acids is 5. The van der Waals surface area contributed by atoms with Gasteiger partial charge >= 0.3 is 0 Å². The van der Waals surface area contributed by atoms with Crippen LogP contribution in [-0.2, 0) is 105 Å². The molecule has 128 heavy (non-hydrogen) atoms. The van der Waals surface area contributed by atoms with E-state index >= 15 is 0 Å². The number of nitrogens with one attached hydrogen (secondary N) is 3. The molecular formula is C100H164N4O24. The number of ether oxygens (including phenoxy) is 18. The Bertz CT molecular complexity index is 3240. The number of ketones is 1. The van der Waals surface area contributed by atoms with Gasteiger partial charge in [-0.3, -0.25) is 24.0 Å². The number of aliphatic hydroxyl groups excluding tert-OH is 1. The summed E-state index contributed by atoms with van der Waals surface area (Å²) in [4.78, 5) is 69.9. The number of carbonyl (C=O) groups is 5. The molecule has 4 heterocycles. The van der Waals surface area contributed by atoms with Crippen LogP contribution in [0.25, 0.3) is 0 Å². The Morgan fingerprint density at radius 1 is 0.391 bits per heavy atom. The van der Waals surface area contributed by atoms with Crippen LogP contribution in [0.4, 0.5) is 0 Å². The van der Waals surface area contributed by atoms with Gasteiger partial charge in [0.15, 0.2) is 18.9 Å². The molecule has 0 bridgehead atoms. The number of β-amino-alcohol motifs (C(OH)–C–C–N with tert-alkyl or cyclic N) is 1. The number of unbranched alkanes of at least 4 members (excludes halogenated alkanes) is 7. The van der Waals surface area contributed by atoms with Crippen molar-refractivity contribution in [3.8, 4) is 11.5 Å². The molecule has 0 aliphatic carbocycles. The highest BCUT2D eigenvalue weighted by atomic mass is 16.7. The number of Topliss-reactive ketones (excluding diaryl/α,β-unsaturated/α-hetero) is 1. The maximum atomic E-state index is 14.4. The van der Waals surface area contributed by atoms with Gasteiger partial charge in [0, 0.05) is 87.9 Å². The number of nitrogens with zero attached hydrogens (tertiary/aromatic N) is 1. The molecule has 28 heteroatoms. The van der Waals surface area contributed by atoms with Crippen molar-refractivity contribution in [2.45, 2.75) is 254 Å². The highest BCUT2D eigenvalue weighted by Crippen LogP contribution is 2.44.